The summed E-state index contributed by atoms with van der Waals surface area (Å²) in [7, 11) is 0. The molecule has 0 fully saturated rings. The van der Waals surface area contributed by atoms with E-state index in [9.17, 15) is 13.6 Å². The molecule has 84 valence electrons. The van der Waals surface area contributed by atoms with Crippen LogP contribution in [0.25, 0.3) is 11.0 Å². The van der Waals surface area contributed by atoms with Crippen molar-refractivity contribution in [3.05, 3.63) is 35.6 Å². The van der Waals surface area contributed by atoms with E-state index in [1.807, 2.05) is 0 Å². The number of halogens is 2. The minimum atomic E-state index is -1.06. The van der Waals surface area contributed by atoms with Crippen LogP contribution in [0.2, 0.25) is 0 Å². The zero-order valence-electron chi connectivity index (χ0n) is 8.88. The van der Waals surface area contributed by atoms with Crippen LogP contribution in [0.1, 0.15) is 24.4 Å². The van der Waals surface area contributed by atoms with Crippen LogP contribution in [0.4, 0.5) is 8.78 Å². The minimum absolute atomic E-state index is 0.0644. The summed E-state index contributed by atoms with van der Waals surface area (Å²) in [6, 6.07) is 3.82. The summed E-state index contributed by atoms with van der Waals surface area (Å²) in [5.74, 6) is -2.44. The molecule has 1 aromatic carbocycles. The number of carbonyl (C=O) groups is 1. The number of rotatable bonds is 2. The minimum Gasteiger partial charge on any atom is -0.450 e. The second kappa shape index (κ2) is 3.70. The standard InChI is InChI=1S/C12H10F2O2/c1-6(2)11(15)9-5-7-3-4-8(13)10(14)12(7)16-9/h3-6H,1-2H3. The first-order chi connectivity index (χ1) is 7.50. The van der Waals surface area contributed by atoms with Crippen molar-refractivity contribution in [3.63, 3.8) is 0 Å². The molecular weight excluding hydrogens is 214 g/mol. The van der Waals surface area contributed by atoms with E-state index in [0.717, 1.165) is 6.07 Å². The summed E-state index contributed by atoms with van der Waals surface area (Å²) in [5, 5.41) is 0.392. The Bertz CT molecular complexity index is 555. The second-order valence-corrected chi connectivity index (χ2v) is 3.91. The molecule has 1 heterocycles. The van der Waals surface area contributed by atoms with E-state index in [0.29, 0.717) is 5.39 Å². The van der Waals surface area contributed by atoms with E-state index in [1.165, 1.54) is 12.1 Å². The number of Topliss-reactive ketones (excluding diaryl/α,β-unsaturated/α-hetero) is 1. The highest BCUT2D eigenvalue weighted by Crippen LogP contribution is 2.25. The molecule has 2 nitrogen and oxygen atoms in total. The van der Waals surface area contributed by atoms with Crippen LogP contribution in [0.5, 0.6) is 0 Å². The van der Waals surface area contributed by atoms with Gasteiger partial charge in [0.2, 0.25) is 11.6 Å². The molecule has 0 aliphatic carbocycles. The molecule has 2 aromatic rings. The average molecular weight is 224 g/mol. The summed E-state index contributed by atoms with van der Waals surface area (Å²) in [6.07, 6.45) is 0. The van der Waals surface area contributed by atoms with Crippen LogP contribution in [0.3, 0.4) is 0 Å². The lowest BCUT2D eigenvalue weighted by atomic mass is 10.1. The van der Waals surface area contributed by atoms with Crippen LogP contribution in [-0.4, -0.2) is 5.78 Å². The van der Waals surface area contributed by atoms with Gasteiger partial charge in [-0.15, -0.1) is 0 Å². The van der Waals surface area contributed by atoms with Crippen molar-refractivity contribution < 1.29 is 18.0 Å². The Morgan fingerprint density at radius 3 is 2.62 bits per heavy atom. The maximum absolute atomic E-state index is 13.3. The number of hydrogen-bond donors (Lipinski definition) is 0. The second-order valence-electron chi connectivity index (χ2n) is 3.91. The van der Waals surface area contributed by atoms with Crippen LogP contribution in [0.15, 0.2) is 22.6 Å². The van der Waals surface area contributed by atoms with Gasteiger partial charge in [-0.3, -0.25) is 4.79 Å². The first-order valence-corrected chi connectivity index (χ1v) is 4.92. The van der Waals surface area contributed by atoms with Gasteiger partial charge in [-0.1, -0.05) is 13.8 Å². The number of ketones is 1. The van der Waals surface area contributed by atoms with Gasteiger partial charge in [-0.2, -0.15) is 4.39 Å². The number of fused-ring (bicyclic) bond motifs is 1. The molecule has 0 aliphatic heterocycles. The molecule has 0 bridgehead atoms. The van der Waals surface area contributed by atoms with Crippen molar-refractivity contribution in [2.24, 2.45) is 5.92 Å². The van der Waals surface area contributed by atoms with E-state index < -0.39 is 11.6 Å². The maximum Gasteiger partial charge on any atom is 0.201 e. The Morgan fingerprint density at radius 1 is 1.31 bits per heavy atom. The van der Waals surface area contributed by atoms with Gasteiger partial charge in [0.15, 0.2) is 17.2 Å². The van der Waals surface area contributed by atoms with Crippen LogP contribution in [0, 0.1) is 17.6 Å². The lowest BCUT2D eigenvalue weighted by Gasteiger charge is -1.98. The van der Waals surface area contributed by atoms with Crippen molar-refractivity contribution >= 4 is 16.8 Å². The van der Waals surface area contributed by atoms with Gasteiger partial charge < -0.3 is 4.42 Å². The van der Waals surface area contributed by atoms with E-state index in [1.54, 1.807) is 13.8 Å². The lowest BCUT2D eigenvalue weighted by Crippen LogP contribution is -2.05. The Labute approximate surface area is 90.9 Å². The van der Waals surface area contributed by atoms with E-state index in [4.69, 9.17) is 4.42 Å². The van der Waals surface area contributed by atoms with E-state index in [2.05, 4.69) is 0 Å². The zero-order chi connectivity index (χ0) is 11.9. The first kappa shape index (κ1) is 10.8. The highest BCUT2D eigenvalue weighted by atomic mass is 19.2. The quantitative estimate of drug-likeness (QED) is 0.730. The lowest BCUT2D eigenvalue weighted by molar-refractivity contribution is 0.0913. The monoisotopic (exact) mass is 224 g/mol. The van der Waals surface area contributed by atoms with Gasteiger partial charge in [0.1, 0.15) is 0 Å². The third-order valence-electron chi connectivity index (χ3n) is 2.35. The van der Waals surface area contributed by atoms with Gasteiger partial charge >= 0.3 is 0 Å². The molecule has 0 saturated carbocycles. The molecule has 0 radical (unpaired) electrons. The maximum atomic E-state index is 13.3. The summed E-state index contributed by atoms with van der Waals surface area (Å²) in [4.78, 5) is 11.6. The molecule has 2 rings (SSSR count). The largest absolute Gasteiger partial charge is 0.450 e. The van der Waals surface area contributed by atoms with E-state index >= 15 is 0 Å². The molecule has 0 unspecified atom stereocenters. The predicted molar refractivity (Wildman–Crippen MR) is 55.3 cm³/mol. The van der Waals surface area contributed by atoms with E-state index in [-0.39, 0.29) is 23.0 Å². The number of benzene rings is 1. The highest BCUT2D eigenvalue weighted by Gasteiger charge is 2.18. The molecule has 0 saturated heterocycles. The predicted octanol–water partition coefficient (Wildman–Crippen LogP) is 3.55. The Hall–Kier alpha value is -1.71. The SMILES string of the molecule is CC(C)C(=O)c1cc2ccc(F)c(F)c2o1. The van der Waals surface area contributed by atoms with Gasteiger partial charge in [-0.25, -0.2) is 4.39 Å². The normalized spacial score (nSPS) is 11.3. The van der Waals surface area contributed by atoms with Gasteiger partial charge in [-0.05, 0) is 18.2 Å². The van der Waals surface area contributed by atoms with Crippen molar-refractivity contribution in [2.45, 2.75) is 13.8 Å². The summed E-state index contributed by atoms with van der Waals surface area (Å²) in [5.41, 5.74) is -0.205. The van der Waals surface area contributed by atoms with Crippen molar-refractivity contribution in [1.82, 2.24) is 0 Å². The van der Waals surface area contributed by atoms with Crippen molar-refractivity contribution in [1.29, 1.82) is 0 Å². The third-order valence-corrected chi connectivity index (χ3v) is 2.35. The van der Waals surface area contributed by atoms with Gasteiger partial charge in [0.25, 0.3) is 0 Å². The first-order valence-electron chi connectivity index (χ1n) is 4.92. The smallest absolute Gasteiger partial charge is 0.201 e. The Kier molecular flexibility index (Phi) is 2.50. The van der Waals surface area contributed by atoms with Crippen LogP contribution < -0.4 is 0 Å². The number of hydrogen-bond acceptors (Lipinski definition) is 2. The summed E-state index contributed by atoms with van der Waals surface area (Å²) in [6.45, 7) is 3.43. The average Bonchev–Trinajstić information content (AvgIpc) is 2.67. The fourth-order valence-electron chi connectivity index (χ4n) is 1.45. The molecule has 4 heteroatoms. The molecule has 0 N–H and O–H groups in total. The van der Waals surface area contributed by atoms with Crippen LogP contribution >= 0.6 is 0 Å². The van der Waals surface area contributed by atoms with Gasteiger partial charge in [0, 0.05) is 11.3 Å². The van der Waals surface area contributed by atoms with Crippen LogP contribution in [-0.2, 0) is 0 Å². The molecule has 0 amide bonds. The molecule has 0 atom stereocenters. The van der Waals surface area contributed by atoms with Gasteiger partial charge in [0.05, 0.1) is 0 Å². The van der Waals surface area contributed by atoms with Crippen molar-refractivity contribution in [2.75, 3.05) is 0 Å². The molecule has 0 spiro atoms. The Morgan fingerprint density at radius 2 is 2.00 bits per heavy atom. The molecule has 0 aliphatic rings. The molecule has 16 heavy (non-hydrogen) atoms. The topological polar surface area (TPSA) is 30.2 Å². The molecular formula is C12H10F2O2. The fourth-order valence-corrected chi connectivity index (χ4v) is 1.45. The summed E-state index contributed by atoms with van der Waals surface area (Å²) >= 11 is 0. The number of furan rings is 1. The third kappa shape index (κ3) is 1.60. The number of carbonyl (C=O) groups excluding carboxylic acids is 1. The van der Waals surface area contributed by atoms with Crippen molar-refractivity contribution in [3.8, 4) is 0 Å². The highest BCUT2D eigenvalue weighted by molar-refractivity contribution is 5.98. The fraction of sp³-hybridized carbons (Fsp3) is 0.250. The molecule has 1 aromatic heterocycles. The zero-order valence-corrected chi connectivity index (χ0v) is 8.88. The Balaban J connectivity index is 2.61. The summed E-state index contributed by atoms with van der Waals surface area (Å²) < 4.78 is 31.2.